The summed E-state index contributed by atoms with van der Waals surface area (Å²) in [5.41, 5.74) is 1.20. The number of piperidine rings is 1. The van der Waals surface area contributed by atoms with Crippen LogP contribution in [0.1, 0.15) is 59.9 Å². The summed E-state index contributed by atoms with van der Waals surface area (Å²) in [6, 6.07) is 10.8. The van der Waals surface area contributed by atoms with E-state index in [-0.39, 0.29) is 16.9 Å². The molecular formula is C20H31NO2. The summed E-state index contributed by atoms with van der Waals surface area (Å²) < 4.78 is 5.52. The second kappa shape index (κ2) is 6.18. The average Bonchev–Trinajstić information content (AvgIpc) is 2.45. The van der Waals surface area contributed by atoms with Crippen molar-refractivity contribution in [3.8, 4) is 0 Å². The van der Waals surface area contributed by atoms with Gasteiger partial charge in [-0.1, -0.05) is 51.1 Å². The number of nitrogens with zero attached hydrogens (tertiary/aromatic N) is 1. The maximum Gasteiger partial charge on any atom is 0.410 e. The molecule has 1 amide bonds. The fraction of sp³-hybridized carbons (Fsp3) is 0.650. The van der Waals surface area contributed by atoms with Crippen molar-refractivity contribution < 1.29 is 9.53 Å². The second-order valence-corrected chi connectivity index (χ2v) is 8.67. The zero-order valence-corrected chi connectivity index (χ0v) is 15.5. The number of ether oxygens (including phenoxy) is 1. The Morgan fingerprint density at radius 3 is 1.96 bits per heavy atom. The molecule has 0 atom stereocenters. The van der Waals surface area contributed by atoms with Crippen molar-refractivity contribution in [2.24, 2.45) is 5.41 Å². The molecule has 0 spiro atoms. The minimum Gasteiger partial charge on any atom is -0.444 e. The third kappa shape index (κ3) is 3.88. The molecule has 0 bridgehead atoms. The van der Waals surface area contributed by atoms with Crippen LogP contribution in [-0.2, 0) is 10.2 Å². The SMILES string of the molecule is CC(C)(C)OC(=O)N1CCC(c2ccccc2)(C(C)(C)C)CC1. The van der Waals surface area contributed by atoms with Gasteiger partial charge < -0.3 is 9.64 Å². The summed E-state index contributed by atoms with van der Waals surface area (Å²) in [5.74, 6) is 0. The molecule has 23 heavy (non-hydrogen) atoms. The van der Waals surface area contributed by atoms with Gasteiger partial charge in [0.05, 0.1) is 0 Å². The van der Waals surface area contributed by atoms with Gasteiger partial charge in [0.1, 0.15) is 5.60 Å². The Morgan fingerprint density at radius 1 is 1.00 bits per heavy atom. The van der Waals surface area contributed by atoms with Crippen LogP contribution in [0.4, 0.5) is 4.79 Å². The molecule has 3 heteroatoms. The van der Waals surface area contributed by atoms with Gasteiger partial charge in [0.25, 0.3) is 0 Å². The van der Waals surface area contributed by atoms with Crippen molar-refractivity contribution in [2.75, 3.05) is 13.1 Å². The highest BCUT2D eigenvalue weighted by Gasteiger charge is 2.46. The molecule has 1 saturated heterocycles. The molecule has 0 aliphatic carbocycles. The number of hydrogen-bond donors (Lipinski definition) is 0. The molecule has 0 saturated carbocycles. The van der Waals surface area contributed by atoms with Crippen LogP contribution in [0, 0.1) is 5.41 Å². The van der Waals surface area contributed by atoms with Crippen LogP contribution in [0.5, 0.6) is 0 Å². The normalized spacial score (nSPS) is 18.6. The predicted octanol–water partition coefficient (Wildman–Crippen LogP) is 5.00. The number of rotatable bonds is 1. The largest absolute Gasteiger partial charge is 0.444 e. The van der Waals surface area contributed by atoms with Gasteiger partial charge in [-0.25, -0.2) is 4.79 Å². The molecule has 0 radical (unpaired) electrons. The van der Waals surface area contributed by atoms with Gasteiger partial charge in [-0.3, -0.25) is 0 Å². The summed E-state index contributed by atoms with van der Waals surface area (Å²) >= 11 is 0. The minimum atomic E-state index is -0.435. The van der Waals surface area contributed by atoms with Crippen molar-refractivity contribution in [1.82, 2.24) is 4.90 Å². The Balaban J connectivity index is 2.17. The van der Waals surface area contributed by atoms with Gasteiger partial charge in [0, 0.05) is 18.5 Å². The highest BCUT2D eigenvalue weighted by atomic mass is 16.6. The number of hydrogen-bond acceptors (Lipinski definition) is 2. The first-order valence-corrected chi connectivity index (χ1v) is 8.59. The maximum atomic E-state index is 12.3. The minimum absolute atomic E-state index is 0.104. The highest BCUT2D eigenvalue weighted by molar-refractivity contribution is 5.68. The van der Waals surface area contributed by atoms with E-state index in [2.05, 4.69) is 51.1 Å². The summed E-state index contributed by atoms with van der Waals surface area (Å²) in [6.07, 6.45) is 1.76. The Bertz CT molecular complexity index is 529. The van der Waals surface area contributed by atoms with Gasteiger partial charge in [0.2, 0.25) is 0 Å². The van der Waals surface area contributed by atoms with Crippen molar-refractivity contribution in [1.29, 1.82) is 0 Å². The first-order chi connectivity index (χ1) is 10.6. The lowest BCUT2D eigenvalue weighted by Gasteiger charge is -2.50. The van der Waals surface area contributed by atoms with Gasteiger partial charge in [-0.15, -0.1) is 0 Å². The van der Waals surface area contributed by atoms with E-state index in [1.165, 1.54) is 5.56 Å². The zero-order valence-electron chi connectivity index (χ0n) is 15.5. The van der Waals surface area contributed by atoms with E-state index in [0.717, 1.165) is 25.9 Å². The quantitative estimate of drug-likeness (QED) is 0.729. The zero-order chi connectivity index (χ0) is 17.3. The van der Waals surface area contributed by atoms with Crippen LogP contribution < -0.4 is 0 Å². The Morgan fingerprint density at radius 2 is 1.52 bits per heavy atom. The third-order valence-corrected chi connectivity index (χ3v) is 5.03. The van der Waals surface area contributed by atoms with Crippen LogP contribution in [0.2, 0.25) is 0 Å². The van der Waals surface area contributed by atoms with E-state index in [9.17, 15) is 4.79 Å². The molecule has 2 rings (SSSR count). The van der Waals surface area contributed by atoms with Crippen LogP contribution in [0.3, 0.4) is 0 Å². The van der Waals surface area contributed by atoms with Gasteiger partial charge in [-0.2, -0.15) is 0 Å². The Hall–Kier alpha value is -1.51. The molecule has 0 unspecified atom stereocenters. The van der Waals surface area contributed by atoms with Gasteiger partial charge in [0.15, 0.2) is 0 Å². The third-order valence-electron chi connectivity index (χ3n) is 5.03. The first-order valence-electron chi connectivity index (χ1n) is 8.59. The average molecular weight is 317 g/mol. The van der Waals surface area contributed by atoms with Crippen molar-refractivity contribution in [3.63, 3.8) is 0 Å². The molecule has 128 valence electrons. The smallest absolute Gasteiger partial charge is 0.410 e. The molecule has 0 N–H and O–H groups in total. The standard InChI is InChI=1S/C20H31NO2/c1-18(2,3)20(16-10-8-7-9-11-16)12-14-21(15-13-20)17(22)23-19(4,5)6/h7-11H,12-15H2,1-6H3. The number of amides is 1. The summed E-state index contributed by atoms with van der Waals surface area (Å²) in [4.78, 5) is 14.2. The second-order valence-electron chi connectivity index (χ2n) is 8.67. The first kappa shape index (κ1) is 17.8. The van der Waals surface area contributed by atoms with Gasteiger partial charge in [-0.05, 0) is 44.6 Å². The summed E-state index contributed by atoms with van der Waals surface area (Å²) in [7, 11) is 0. The van der Waals surface area contributed by atoms with Crippen LogP contribution in [0.25, 0.3) is 0 Å². The van der Waals surface area contributed by atoms with E-state index in [1.807, 2.05) is 25.7 Å². The van der Waals surface area contributed by atoms with E-state index >= 15 is 0 Å². The van der Waals surface area contributed by atoms with Crippen molar-refractivity contribution in [3.05, 3.63) is 35.9 Å². The molecule has 1 aliphatic rings. The molecule has 3 nitrogen and oxygen atoms in total. The van der Waals surface area contributed by atoms with E-state index < -0.39 is 5.60 Å². The lowest BCUT2D eigenvalue weighted by atomic mass is 9.58. The van der Waals surface area contributed by atoms with Crippen LogP contribution in [0.15, 0.2) is 30.3 Å². The fourth-order valence-corrected chi connectivity index (χ4v) is 3.63. The molecule has 0 aromatic heterocycles. The Labute approximate surface area is 141 Å². The molecule has 1 aliphatic heterocycles. The topological polar surface area (TPSA) is 29.5 Å². The van der Waals surface area contributed by atoms with E-state index in [4.69, 9.17) is 4.74 Å². The molecular weight excluding hydrogens is 286 g/mol. The van der Waals surface area contributed by atoms with Crippen molar-refractivity contribution >= 4 is 6.09 Å². The number of benzene rings is 1. The lowest BCUT2D eigenvalue weighted by Crippen LogP contribution is -2.51. The van der Waals surface area contributed by atoms with Crippen molar-refractivity contribution in [2.45, 2.75) is 65.4 Å². The number of likely N-dealkylation sites (tertiary alicyclic amines) is 1. The lowest BCUT2D eigenvalue weighted by molar-refractivity contribution is 0.00683. The molecule has 1 fully saturated rings. The van der Waals surface area contributed by atoms with Gasteiger partial charge >= 0.3 is 6.09 Å². The maximum absolute atomic E-state index is 12.3. The molecule has 1 aromatic rings. The van der Waals surface area contributed by atoms with Crippen LogP contribution in [-0.4, -0.2) is 29.7 Å². The number of carbonyl (C=O) groups is 1. The predicted molar refractivity (Wildman–Crippen MR) is 94.6 cm³/mol. The van der Waals surface area contributed by atoms with E-state index in [0.29, 0.717) is 0 Å². The van der Waals surface area contributed by atoms with Crippen LogP contribution >= 0.6 is 0 Å². The summed E-state index contributed by atoms with van der Waals surface area (Å²) in [6.45, 7) is 14.2. The molecule has 1 aromatic carbocycles. The van der Waals surface area contributed by atoms with E-state index in [1.54, 1.807) is 0 Å². The summed E-state index contributed by atoms with van der Waals surface area (Å²) in [5, 5.41) is 0. The monoisotopic (exact) mass is 317 g/mol. The number of carbonyl (C=O) groups excluding carboxylic acids is 1. The Kier molecular flexibility index (Phi) is 4.79. The fourth-order valence-electron chi connectivity index (χ4n) is 3.63. The highest BCUT2D eigenvalue weighted by Crippen LogP contribution is 2.49. The molecule has 1 heterocycles.